The summed E-state index contributed by atoms with van der Waals surface area (Å²) in [4.78, 5) is 24.5. The molecular weight excluding hydrogens is 385 g/mol. The van der Waals surface area contributed by atoms with Gasteiger partial charge in [-0.2, -0.15) is 0 Å². The van der Waals surface area contributed by atoms with Crippen molar-refractivity contribution < 1.29 is 23.5 Å². The van der Waals surface area contributed by atoms with Crippen LogP contribution in [0.1, 0.15) is 22.7 Å². The molecule has 3 rings (SSSR count). The van der Waals surface area contributed by atoms with Crippen LogP contribution in [0.2, 0.25) is 0 Å². The van der Waals surface area contributed by atoms with Crippen LogP contribution in [0, 0.1) is 5.82 Å². The SMILES string of the molecule is COc1ccc(CC(=O)OCC(=O)NC(c2ccccc2)c2ccccc2)cc1F. The Bertz CT molecular complexity index is 953. The summed E-state index contributed by atoms with van der Waals surface area (Å²) >= 11 is 0. The molecule has 0 spiro atoms. The van der Waals surface area contributed by atoms with Gasteiger partial charge < -0.3 is 14.8 Å². The van der Waals surface area contributed by atoms with Gasteiger partial charge in [0.1, 0.15) is 0 Å². The molecule has 5 nitrogen and oxygen atoms in total. The predicted octanol–water partition coefficient (Wildman–Crippen LogP) is 3.83. The van der Waals surface area contributed by atoms with Crippen LogP contribution in [0.25, 0.3) is 0 Å². The van der Waals surface area contributed by atoms with Crippen LogP contribution in [0.15, 0.2) is 78.9 Å². The molecule has 0 aliphatic rings. The summed E-state index contributed by atoms with van der Waals surface area (Å²) in [5.74, 6) is -1.51. The average Bonchev–Trinajstić information content (AvgIpc) is 2.77. The first kappa shape index (κ1) is 21.0. The molecule has 0 atom stereocenters. The van der Waals surface area contributed by atoms with Crippen LogP contribution < -0.4 is 10.1 Å². The second-order valence-electron chi connectivity index (χ2n) is 6.63. The van der Waals surface area contributed by atoms with Gasteiger partial charge >= 0.3 is 5.97 Å². The average molecular weight is 407 g/mol. The highest BCUT2D eigenvalue weighted by molar-refractivity contribution is 5.81. The summed E-state index contributed by atoms with van der Waals surface area (Å²) < 4.78 is 23.7. The van der Waals surface area contributed by atoms with Gasteiger partial charge in [0.2, 0.25) is 0 Å². The van der Waals surface area contributed by atoms with Crippen molar-refractivity contribution in [2.45, 2.75) is 12.5 Å². The summed E-state index contributed by atoms with van der Waals surface area (Å²) in [6.45, 7) is -0.423. The first-order valence-electron chi connectivity index (χ1n) is 9.44. The van der Waals surface area contributed by atoms with Gasteiger partial charge in [0.15, 0.2) is 18.2 Å². The number of hydrogen-bond acceptors (Lipinski definition) is 4. The van der Waals surface area contributed by atoms with Gasteiger partial charge in [-0.25, -0.2) is 4.39 Å². The lowest BCUT2D eigenvalue weighted by Gasteiger charge is -2.20. The number of hydrogen-bond donors (Lipinski definition) is 1. The van der Waals surface area contributed by atoms with Crippen molar-refractivity contribution in [2.75, 3.05) is 13.7 Å². The van der Waals surface area contributed by atoms with E-state index >= 15 is 0 Å². The van der Waals surface area contributed by atoms with E-state index in [1.54, 1.807) is 6.07 Å². The zero-order valence-corrected chi connectivity index (χ0v) is 16.5. The van der Waals surface area contributed by atoms with Crippen LogP contribution in [0.5, 0.6) is 5.75 Å². The Labute approximate surface area is 174 Å². The highest BCUT2D eigenvalue weighted by Gasteiger charge is 2.18. The zero-order chi connectivity index (χ0) is 21.3. The van der Waals surface area contributed by atoms with Crippen LogP contribution in [0.4, 0.5) is 4.39 Å². The van der Waals surface area contributed by atoms with E-state index in [1.165, 1.54) is 19.2 Å². The number of carbonyl (C=O) groups excluding carboxylic acids is 2. The Hall–Kier alpha value is -3.67. The molecule has 0 aromatic heterocycles. The molecule has 3 aromatic carbocycles. The van der Waals surface area contributed by atoms with Gasteiger partial charge in [-0.05, 0) is 28.8 Å². The first-order valence-corrected chi connectivity index (χ1v) is 9.44. The molecule has 0 fully saturated rings. The van der Waals surface area contributed by atoms with E-state index in [2.05, 4.69) is 5.32 Å². The quantitative estimate of drug-likeness (QED) is 0.577. The molecule has 0 saturated carbocycles. The zero-order valence-electron chi connectivity index (χ0n) is 16.5. The predicted molar refractivity (Wildman–Crippen MR) is 110 cm³/mol. The fourth-order valence-electron chi connectivity index (χ4n) is 3.04. The van der Waals surface area contributed by atoms with E-state index in [-0.39, 0.29) is 18.2 Å². The van der Waals surface area contributed by atoms with Crippen LogP contribution in [-0.4, -0.2) is 25.6 Å². The van der Waals surface area contributed by atoms with Crippen LogP contribution >= 0.6 is 0 Å². The molecule has 0 aliphatic heterocycles. The van der Waals surface area contributed by atoms with Crippen molar-refractivity contribution in [3.05, 3.63) is 101 Å². The smallest absolute Gasteiger partial charge is 0.310 e. The Morgan fingerprint density at radius 1 is 0.933 bits per heavy atom. The van der Waals surface area contributed by atoms with Gasteiger partial charge in [0.05, 0.1) is 19.6 Å². The molecule has 0 heterocycles. The molecule has 0 bridgehead atoms. The Balaban J connectivity index is 1.59. The molecule has 1 amide bonds. The van der Waals surface area contributed by atoms with Gasteiger partial charge in [-0.3, -0.25) is 9.59 Å². The normalized spacial score (nSPS) is 10.5. The fraction of sp³-hybridized carbons (Fsp3) is 0.167. The minimum Gasteiger partial charge on any atom is -0.494 e. The molecular formula is C24H22FNO4. The summed E-state index contributed by atoms with van der Waals surface area (Å²) in [6.07, 6.45) is -0.144. The minimum absolute atomic E-state index is 0.0966. The molecule has 1 N–H and O–H groups in total. The van der Waals surface area contributed by atoms with E-state index in [1.807, 2.05) is 60.7 Å². The molecule has 30 heavy (non-hydrogen) atoms. The number of esters is 1. The second kappa shape index (κ2) is 10.2. The molecule has 0 unspecified atom stereocenters. The summed E-state index contributed by atoms with van der Waals surface area (Å²) in [5.41, 5.74) is 2.26. The lowest BCUT2D eigenvalue weighted by molar-refractivity contribution is -0.148. The maximum atomic E-state index is 13.7. The number of carbonyl (C=O) groups is 2. The molecule has 3 aromatic rings. The van der Waals surface area contributed by atoms with E-state index < -0.39 is 24.3 Å². The van der Waals surface area contributed by atoms with Crippen LogP contribution in [-0.2, 0) is 20.7 Å². The van der Waals surface area contributed by atoms with E-state index in [4.69, 9.17) is 9.47 Å². The van der Waals surface area contributed by atoms with Gasteiger partial charge in [-0.1, -0.05) is 66.7 Å². The van der Waals surface area contributed by atoms with E-state index in [0.717, 1.165) is 11.1 Å². The van der Waals surface area contributed by atoms with Crippen molar-refractivity contribution in [1.82, 2.24) is 5.32 Å². The van der Waals surface area contributed by atoms with Gasteiger partial charge in [0.25, 0.3) is 5.91 Å². The lowest BCUT2D eigenvalue weighted by atomic mass is 9.99. The largest absolute Gasteiger partial charge is 0.494 e. The monoisotopic (exact) mass is 407 g/mol. The van der Waals surface area contributed by atoms with E-state index in [9.17, 15) is 14.0 Å². The molecule has 0 saturated heterocycles. The van der Waals surface area contributed by atoms with E-state index in [0.29, 0.717) is 5.56 Å². The van der Waals surface area contributed by atoms with Crippen molar-refractivity contribution in [3.63, 3.8) is 0 Å². The minimum atomic E-state index is -0.620. The molecule has 154 valence electrons. The number of amides is 1. The molecule has 0 radical (unpaired) electrons. The fourth-order valence-corrected chi connectivity index (χ4v) is 3.04. The topological polar surface area (TPSA) is 64.6 Å². The third-order valence-corrected chi connectivity index (χ3v) is 4.50. The van der Waals surface area contributed by atoms with Crippen LogP contribution in [0.3, 0.4) is 0 Å². The number of ether oxygens (including phenoxy) is 2. The van der Waals surface area contributed by atoms with Crippen molar-refractivity contribution >= 4 is 11.9 Å². The maximum absolute atomic E-state index is 13.7. The second-order valence-corrected chi connectivity index (χ2v) is 6.63. The standard InChI is InChI=1S/C24H22FNO4/c1-29-21-13-12-17(14-20(21)25)15-23(28)30-16-22(27)26-24(18-8-4-2-5-9-18)19-10-6-3-7-11-19/h2-14,24H,15-16H2,1H3,(H,26,27). The van der Waals surface area contributed by atoms with Crippen molar-refractivity contribution in [1.29, 1.82) is 0 Å². The first-order chi connectivity index (χ1) is 14.6. The third-order valence-electron chi connectivity index (χ3n) is 4.50. The maximum Gasteiger partial charge on any atom is 0.310 e. The Morgan fingerprint density at radius 2 is 1.53 bits per heavy atom. The molecule has 6 heteroatoms. The number of halogens is 1. The number of benzene rings is 3. The number of rotatable bonds is 8. The van der Waals surface area contributed by atoms with Gasteiger partial charge in [-0.15, -0.1) is 0 Å². The number of methoxy groups -OCH3 is 1. The molecule has 0 aliphatic carbocycles. The lowest BCUT2D eigenvalue weighted by Crippen LogP contribution is -2.33. The number of nitrogens with one attached hydrogen (secondary N) is 1. The van der Waals surface area contributed by atoms with Crippen molar-refractivity contribution in [2.24, 2.45) is 0 Å². The summed E-state index contributed by atoms with van der Waals surface area (Å²) in [7, 11) is 1.36. The van der Waals surface area contributed by atoms with Crippen molar-refractivity contribution in [3.8, 4) is 5.75 Å². The summed E-state index contributed by atoms with van der Waals surface area (Å²) in [6, 6.07) is 22.9. The Morgan fingerprint density at radius 3 is 2.07 bits per heavy atom. The Kier molecular flexibility index (Phi) is 7.16. The van der Waals surface area contributed by atoms with Gasteiger partial charge in [0, 0.05) is 0 Å². The highest BCUT2D eigenvalue weighted by Crippen LogP contribution is 2.22. The highest BCUT2D eigenvalue weighted by atomic mass is 19.1. The summed E-state index contributed by atoms with van der Waals surface area (Å²) in [5, 5.41) is 2.90. The third kappa shape index (κ3) is 5.67.